The van der Waals surface area contributed by atoms with Gasteiger partial charge in [-0.1, -0.05) is 0 Å². The van der Waals surface area contributed by atoms with Gasteiger partial charge in [0.15, 0.2) is 0 Å². The molecule has 1 amide bonds. The Kier molecular flexibility index (Phi) is 4.67. The van der Waals surface area contributed by atoms with Crippen LogP contribution in [0.3, 0.4) is 0 Å². The predicted molar refractivity (Wildman–Crippen MR) is 79.9 cm³/mol. The lowest BCUT2D eigenvalue weighted by atomic mass is 10.0. The van der Waals surface area contributed by atoms with Gasteiger partial charge < -0.3 is 20.7 Å². The fourth-order valence-corrected chi connectivity index (χ4v) is 2.64. The van der Waals surface area contributed by atoms with E-state index in [1.165, 1.54) is 13.2 Å². The lowest BCUT2D eigenvalue weighted by Crippen LogP contribution is -2.37. The molecule has 1 aliphatic heterocycles. The molecule has 3 N–H and O–H groups in total. The monoisotopic (exact) mass is 295 g/mol. The molecule has 1 fully saturated rings. The molecule has 2 atom stereocenters. The van der Waals surface area contributed by atoms with Gasteiger partial charge in [-0.3, -0.25) is 0 Å². The third kappa shape index (κ3) is 3.44. The van der Waals surface area contributed by atoms with Crippen molar-refractivity contribution in [3.8, 4) is 0 Å². The van der Waals surface area contributed by atoms with Gasteiger partial charge in [0.25, 0.3) is 0 Å². The van der Waals surface area contributed by atoms with Crippen LogP contribution in [0.2, 0.25) is 0 Å². The zero-order valence-electron chi connectivity index (χ0n) is 12.6. The van der Waals surface area contributed by atoms with Crippen LogP contribution < -0.4 is 16.0 Å². The van der Waals surface area contributed by atoms with Crippen molar-refractivity contribution in [2.45, 2.75) is 32.4 Å². The maximum absolute atomic E-state index is 13.8. The van der Waals surface area contributed by atoms with Gasteiger partial charge in [-0.2, -0.15) is 0 Å². The topological polar surface area (TPSA) is 67.6 Å². The standard InChI is InChI=1S/C15H22FN3O2/c1-9-6-14(12(10(2)17)7-13(9)16)19-5-4-11(8-19)18-15(20)21-3/h6-7,10-11H,4-5,8,17H2,1-3H3,(H,18,20)/t10-,11?/m0/s1. The molecule has 1 saturated heterocycles. The second-order valence-corrected chi connectivity index (χ2v) is 5.52. The number of anilines is 1. The number of alkyl carbamates (subject to hydrolysis) is 1. The number of methoxy groups -OCH3 is 1. The minimum absolute atomic E-state index is 0.0312. The van der Waals surface area contributed by atoms with E-state index in [1.54, 1.807) is 6.92 Å². The molecule has 6 heteroatoms. The largest absolute Gasteiger partial charge is 0.453 e. The van der Waals surface area contributed by atoms with Crippen molar-refractivity contribution in [1.82, 2.24) is 5.32 Å². The van der Waals surface area contributed by atoms with Gasteiger partial charge in [-0.25, -0.2) is 9.18 Å². The van der Waals surface area contributed by atoms with Gasteiger partial charge in [0, 0.05) is 24.8 Å². The number of hydrogen-bond donors (Lipinski definition) is 2. The zero-order valence-corrected chi connectivity index (χ0v) is 12.6. The summed E-state index contributed by atoms with van der Waals surface area (Å²) >= 11 is 0. The van der Waals surface area contributed by atoms with Crippen molar-refractivity contribution in [1.29, 1.82) is 0 Å². The Balaban J connectivity index is 2.19. The smallest absolute Gasteiger partial charge is 0.407 e. The van der Waals surface area contributed by atoms with E-state index in [1.807, 2.05) is 13.0 Å². The first kappa shape index (κ1) is 15.6. The van der Waals surface area contributed by atoms with Crippen LogP contribution >= 0.6 is 0 Å². The maximum atomic E-state index is 13.8. The summed E-state index contributed by atoms with van der Waals surface area (Å²) in [5.41, 5.74) is 8.28. The molecule has 116 valence electrons. The van der Waals surface area contributed by atoms with E-state index in [9.17, 15) is 9.18 Å². The minimum Gasteiger partial charge on any atom is -0.453 e. The SMILES string of the molecule is COC(=O)NC1CCN(c2cc(C)c(F)cc2[C@H](C)N)C1. The summed E-state index contributed by atoms with van der Waals surface area (Å²) in [5.74, 6) is -0.241. The number of benzene rings is 1. The van der Waals surface area contributed by atoms with E-state index in [0.717, 1.165) is 24.2 Å². The number of ether oxygens (including phenoxy) is 1. The van der Waals surface area contributed by atoms with Gasteiger partial charge in [0.2, 0.25) is 0 Å². The molecule has 0 aliphatic carbocycles. The molecular weight excluding hydrogens is 273 g/mol. The molecule has 5 nitrogen and oxygen atoms in total. The van der Waals surface area contributed by atoms with E-state index in [-0.39, 0.29) is 17.9 Å². The van der Waals surface area contributed by atoms with Crippen molar-refractivity contribution >= 4 is 11.8 Å². The molecule has 0 aromatic heterocycles. The van der Waals surface area contributed by atoms with Crippen LogP contribution in [0.15, 0.2) is 12.1 Å². The summed E-state index contributed by atoms with van der Waals surface area (Å²) in [5, 5.41) is 2.79. The quantitative estimate of drug-likeness (QED) is 0.896. The zero-order chi connectivity index (χ0) is 15.6. The average molecular weight is 295 g/mol. The molecule has 21 heavy (non-hydrogen) atoms. The Labute approximate surface area is 124 Å². The van der Waals surface area contributed by atoms with Crippen LogP contribution in [0.5, 0.6) is 0 Å². The number of halogens is 1. The molecule has 0 spiro atoms. The number of carbonyl (C=O) groups excluding carboxylic acids is 1. The van der Waals surface area contributed by atoms with Gasteiger partial charge in [-0.05, 0) is 43.5 Å². The van der Waals surface area contributed by atoms with E-state index < -0.39 is 6.09 Å². The van der Waals surface area contributed by atoms with Crippen LogP contribution in [0.4, 0.5) is 14.9 Å². The fourth-order valence-electron chi connectivity index (χ4n) is 2.64. The van der Waals surface area contributed by atoms with Gasteiger partial charge in [0.1, 0.15) is 5.82 Å². The number of aryl methyl sites for hydroxylation is 1. The predicted octanol–water partition coefficient (Wildman–Crippen LogP) is 2.09. The fraction of sp³-hybridized carbons (Fsp3) is 0.533. The minimum atomic E-state index is -0.426. The van der Waals surface area contributed by atoms with Crippen molar-refractivity contribution < 1.29 is 13.9 Å². The summed E-state index contributed by atoms with van der Waals surface area (Å²) < 4.78 is 18.4. The summed E-state index contributed by atoms with van der Waals surface area (Å²) in [7, 11) is 1.35. The third-order valence-corrected chi connectivity index (χ3v) is 3.83. The second kappa shape index (κ2) is 6.30. The van der Waals surface area contributed by atoms with Gasteiger partial charge >= 0.3 is 6.09 Å². The highest BCUT2D eigenvalue weighted by atomic mass is 19.1. The van der Waals surface area contributed by atoms with Crippen molar-refractivity contribution in [3.63, 3.8) is 0 Å². The van der Waals surface area contributed by atoms with E-state index in [4.69, 9.17) is 5.73 Å². The Morgan fingerprint density at radius 1 is 1.57 bits per heavy atom. The van der Waals surface area contributed by atoms with Gasteiger partial charge in [-0.15, -0.1) is 0 Å². The van der Waals surface area contributed by atoms with E-state index in [2.05, 4.69) is 15.0 Å². The first-order chi connectivity index (χ1) is 9.92. The molecule has 0 bridgehead atoms. The second-order valence-electron chi connectivity index (χ2n) is 5.52. The number of rotatable bonds is 3. The Bertz CT molecular complexity index is 534. The summed E-state index contributed by atoms with van der Waals surface area (Å²) in [6.45, 7) is 5.04. The molecular formula is C15H22FN3O2. The van der Waals surface area contributed by atoms with Crippen LogP contribution in [-0.2, 0) is 4.74 Å². The van der Waals surface area contributed by atoms with Crippen LogP contribution in [0, 0.1) is 12.7 Å². The molecule has 1 aromatic rings. The molecule has 1 heterocycles. The van der Waals surface area contributed by atoms with Crippen LogP contribution in [0.25, 0.3) is 0 Å². The lowest BCUT2D eigenvalue weighted by Gasteiger charge is -2.24. The Hall–Kier alpha value is -1.82. The molecule has 0 saturated carbocycles. The third-order valence-electron chi connectivity index (χ3n) is 3.83. The first-order valence-electron chi connectivity index (χ1n) is 7.07. The van der Waals surface area contributed by atoms with Crippen molar-refractivity contribution in [2.24, 2.45) is 5.73 Å². The van der Waals surface area contributed by atoms with Crippen molar-refractivity contribution in [3.05, 3.63) is 29.1 Å². The Morgan fingerprint density at radius 3 is 2.90 bits per heavy atom. The molecule has 1 unspecified atom stereocenters. The normalized spacial score (nSPS) is 19.5. The number of hydrogen-bond acceptors (Lipinski definition) is 4. The number of nitrogens with one attached hydrogen (secondary N) is 1. The summed E-state index contributed by atoms with van der Waals surface area (Å²) in [4.78, 5) is 13.4. The highest BCUT2D eigenvalue weighted by Crippen LogP contribution is 2.30. The highest BCUT2D eigenvalue weighted by Gasteiger charge is 2.26. The maximum Gasteiger partial charge on any atom is 0.407 e. The molecule has 1 aromatic carbocycles. The molecule has 0 radical (unpaired) electrons. The number of nitrogens with zero attached hydrogens (tertiary/aromatic N) is 1. The lowest BCUT2D eigenvalue weighted by molar-refractivity contribution is 0.167. The Morgan fingerprint density at radius 2 is 2.29 bits per heavy atom. The summed E-state index contributed by atoms with van der Waals surface area (Å²) in [6.07, 6.45) is 0.397. The number of carbonyl (C=O) groups is 1. The van der Waals surface area contributed by atoms with Crippen LogP contribution in [0.1, 0.15) is 30.5 Å². The number of amides is 1. The first-order valence-corrected chi connectivity index (χ1v) is 7.07. The molecule has 1 aliphatic rings. The van der Waals surface area contributed by atoms with Gasteiger partial charge in [0.05, 0.1) is 13.2 Å². The average Bonchev–Trinajstić information content (AvgIpc) is 2.89. The summed E-state index contributed by atoms with van der Waals surface area (Å²) in [6, 6.07) is 3.12. The number of nitrogens with two attached hydrogens (primary N) is 1. The van der Waals surface area contributed by atoms with Crippen molar-refractivity contribution in [2.75, 3.05) is 25.1 Å². The van der Waals surface area contributed by atoms with E-state index in [0.29, 0.717) is 12.1 Å². The highest BCUT2D eigenvalue weighted by molar-refractivity contribution is 5.68. The van der Waals surface area contributed by atoms with Crippen LogP contribution in [-0.4, -0.2) is 32.3 Å². The molecule has 2 rings (SSSR count). The van der Waals surface area contributed by atoms with E-state index >= 15 is 0 Å².